The summed E-state index contributed by atoms with van der Waals surface area (Å²) in [6.07, 6.45) is 2.17. The first-order valence-electron chi connectivity index (χ1n) is 9.58. The number of likely N-dealkylation sites (tertiary alicyclic amines) is 1. The predicted molar refractivity (Wildman–Crippen MR) is 95.0 cm³/mol. The summed E-state index contributed by atoms with van der Waals surface area (Å²) in [6.45, 7) is 9.76. The second-order valence-electron chi connectivity index (χ2n) is 8.29. The van der Waals surface area contributed by atoms with Gasteiger partial charge in [0, 0.05) is 25.7 Å². The Morgan fingerprint density at radius 2 is 1.92 bits per heavy atom. The fraction of sp³-hybridized carbons (Fsp3) is 0.889. The van der Waals surface area contributed by atoms with Crippen molar-refractivity contribution in [3.8, 4) is 0 Å². The molecule has 1 N–H and O–H groups in total. The monoisotopic (exact) mass is 369 g/mol. The van der Waals surface area contributed by atoms with Gasteiger partial charge in [-0.3, -0.25) is 4.90 Å². The molecule has 3 rings (SSSR count). The van der Waals surface area contributed by atoms with Gasteiger partial charge in [-0.15, -0.1) is 0 Å². The third-order valence-corrected chi connectivity index (χ3v) is 5.16. The Kier molecular flexibility index (Phi) is 5.92. The smallest absolute Gasteiger partial charge is 0.410 e. The number of carbonyl (C=O) groups is 2. The lowest BCUT2D eigenvalue weighted by molar-refractivity contribution is 0.0270. The highest BCUT2D eigenvalue weighted by molar-refractivity contribution is 5.69. The van der Waals surface area contributed by atoms with Gasteiger partial charge in [-0.25, -0.2) is 9.59 Å². The van der Waals surface area contributed by atoms with Crippen LogP contribution in [-0.2, 0) is 14.2 Å². The lowest BCUT2D eigenvalue weighted by Gasteiger charge is -2.42. The van der Waals surface area contributed by atoms with Crippen molar-refractivity contribution in [2.75, 3.05) is 39.5 Å². The largest absolute Gasteiger partial charge is 0.449 e. The van der Waals surface area contributed by atoms with Gasteiger partial charge in [-0.1, -0.05) is 0 Å². The van der Waals surface area contributed by atoms with E-state index in [1.54, 1.807) is 0 Å². The fourth-order valence-electron chi connectivity index (χ4n) is 3.93. The maximum absolute atomic E-state index is 12.1. The molecular formula is C18H31N3O5. The molecule has 0 spiro atoms. The van der Waals surface area contributed by atoms with E-state index in [9.17, 15) is 9.59 Å². The summed E-state index contributed by atoms with van der Waals surface area (Å²) in [5.74, 6) is 0. The molecule has 148 valence electrons. The summed E-state index contributed by atoms with van der Waals surface area (Å²) in [5.41, 5.74) is -0.513. The van der Waals surface area contributed by atoms with Gasteiger partial charge < -0.3 is 24.4 Å². The zero-order valence-electron chi connectivity index (χ0n) is 16.0. The van der Waals surface area contributed by atoms with Gasteiger partial charge in [0.25, 0.3) is 0 Å². The van der Waals surface area contributed by atoms with Gasteiger partial charge >= 0.3 is 12.2 Å². The molecule has 3 fully saturated rings. The third-order valence-electron chi connectivity index (χ3n) is 5.16. The molecule has 8 heteroatoms. The van der Waals surface area contributed by atoms with Crippen LogP contribution in [0.5, 0.6) is 0 Å². The molecule has 0 radical (unpaired) electrons. The second-order valence-corrected chi connectivity index (χ2v) is 8.29. The van der Waals surface area contributed by atoms with Crippen molar-refractivity contribution in [2.45, 2.75) is 63.8 Å². The lowest BCUT2D eigenvalue weighted by Crippen LogP contribution is -2.56. The first-order valence-corrected chi connectivity index (χ1v) is 9.58. The Morgan fingerprint density at radius 1 is 1.19 bits per heavy atom. The zero-order valence-corrected chi connectivity index (χ0v) is 16.0. The maximum atomic E-state index is 12.1. The van der Waals surface area contributed by atoms with Gasteiger partial charge in [-0.2, -0.15) is 0 Å². The van der Waals surface area contributed by atoms with Crippen molar-refractivity contribution in [2.24, 2.45) is 0 Å². The standard InChI is InChI=1S/C18H31N3O5/c1-18(2,3)26-16(22)19-14-11-24-12-15(14)20-8-5-13(6-9-20)21-7-4-10-25-17(21)23/h13-15H,4-12H2,1-3H3,(H,19,22)/t14-,15?/m0/s1. The molecule has 3 aliphatic heterocycles. The van der Waals surface area contributed by atoms with Crippen molar-refractivity contribution < 1.29 is 23.8 Å². The predicted octanol–water partition coefficient (Wildman–Crippen LogP) is 1.59. The molecule has 3 saturated heterocycles. The quantitative estimate of drug-likeness (QED) is 0.814. The first kappa shape index (κ1) is 19.2. The Hall–Kier alpha value is -1.54. The van der Waals surface area contributed by atoms with Crippen LogP contribution in [0.15, 0.2) is 0 Å². The molecule has 0 bridgehead atoms. The minimum absolute atomic E-state index is 0.0682. The number of ether oxygens (including phenoxy) is 3. The first-order chi connectivity index (χ1) is 12.3. The highest BCUT2D eigenvalue weighted by Gasteiger charge is 2.38. The van der Waals surface area contributed by atoms with E-state index in [-0.39, 0.29) is 24.2 Å². The normalized spacial score (nSPS) is 28.7. The molecule has 26 heavy (non-hydrogen) atoms. The maximum Gasteiger partial charge on any atom is 0.410 e. The summed E-state index contributed by atoms with van der Waals surface area (Å²) in [4.78, 5) is 28.2. The van der Waals surface area contributed by atoms with Gasteiger partial charge in [0.05, 0.1) is 31.9 Å². The fourth-order valence-corrected chi connectivity index (χ4v) is 3.93. The van der Waals surface area contributed by atoms with Crippen molar-refractivity contribution in [1.82, 2.24) is 15.1 Å². The molecule has 1 unspecified atom stereocenters. The number of amides is 2. The number of nitrogens with one attached hydrogen (secondary N) is 1. The van der Waals surface area contributed by atoms with Crippen molar-refractivity contribution >= 4 is 12.2 Å². The van der Waals surface area contributed by atoms with Crippen LogP contribution >= 0.6 is 0 Å². The number of cyclic esters (lactones) is 1. The number of carbonyl (C=O) groups excluding carboxylic acids is 2. The van der Waals surface area contributed by atoms with Gasteiger partial charge in [0.15, 0.2) is 0 Å². The number of rotatable bonds is 3. The molecule has 2 atom stereocenters. The number of hydrogen-bond donors (Lipinski definition) is 1. The molecule has 0 saturated carbocycles. The minimum atomic E-state index is -0.513. The highest BCUT2D eigenvalue weighted by atomic mass is 16.6. The van der Waals surface area contributed by atoms with Crippen LogP contribution < -0.4 is 5.32 Å². The molecule has 0 aliphatic carbocycles. The van der Waals surface area contributed by atoms with Gasteiger partial charge in [-0.05, 0) is 40.0 Å². The van der Waals surface area contributed by atoms with E-state index in [0.29, 0.717) is 19.8 Å². The summed E-state index contributed by atoms with van der Waals surface area (Å²) in [7, 11) is 0. The van der Waals surface area contributed by atoms with E-state index < -0.39 is 11.7 Å². The topological polar surface area (TPSA) is 80.3 Å². The average molecular weight is 369 g/mol. The number of nitrogens with zero attached hydrogens (tertiary/aromatic N) is 2. The van der Waals surface area contributed by atoms with E-state index in [4.69, 9.17) is 14.2 Å². The van der Waals surface area contributed by atoms with Crippen molar-refractivity contribution in [3.05, 3.63) is 0 Å². The molecule has 8 nitrogen and oxygen atoms in total. The highest BCUT2D eigenvalue weighted by Crippen LogP contribution is 2.24. The van der Waals surface area contributed by atoms with Crippen molar-refractivity contribution in [1.29, 1.82) is 0 Å². The third kappa shape index (κ3) is 4.79. The van der Waals surface area contributed by atoms with E-state index in [1.807, 2.05) is 25.7 Å². The minimum Gasteiger partial charge on any atom is -0.449 e. The van der Waals surface area contributed by atoms with E-state index in [0.717, 1.165) is 38.9 Å². The van der Waals surface area contributed by atoms with Crippen LogP contribution in [0.2, 0.25) is 0 Å². The Balaban J connectivity index is 1.50. The Labute approximate surface area is 155 Å². The Morgan fingerprint density at radius 3 is 2.58 bits per heavy atom. The van der Waals surface area contributed by atoms with Gasteiger partial charge in [0.1, 0.15) is 5.60 Å². The number of piperidine rings is 1. The summed E-state index contributed by atoms with van der Waals surface area (Å²) in [6, 6.07) is 0.330. The lowest BCUT2D eigenvalue weighted by atomic mass is 9.99. The van der Waals surface area contributed by atoms with Crippen LogP contribution in [0.3, 0.4) is 0 Å². The van der Waals surface area contributed by atoms with Crippen LogP contribution in [-0.4, -0.2) is 85.2 Å². The number of hydrogen-bond acceptors (Lipinski definition) is 6. The van der Waals surface area contributed by atoms with E-state index in [1.165, 1.54) is 0 Å². The molecule has 0 aromatic rings. The van der Waals surface area contributed by atoms with Crippen molar-refractivity contribution in [3.63, 3.8) is 0 Å². The molecule has 2 amide bonds. The van der Waals surface area contributed by atoms with Crippen LogP contribution in [0.1, 0.15) is 40.0 Å². The van der Waals surface area contributed by atoms with Crippen LogP contribution in [0.4, 0.5) is 9.59 Å². The van der Waals surface area contributed by atoms with E-state index in [2.05, 4.69) is 10.2 Å². The average Bonchev–Trinajstić information content (AvgIpc) is 3.02. The summed E-state index contributed by atoms with van der Waals surface area (Å²) >= 11 is 0. The van der Waals surface area contributed by atoms with Gasteiger partial charge in [0.2, 0.25) is 0 Å². The zero-order chi connectivity index (χ0) is 18.7. The second kappa shape index (κ2) is 8.00. The Bertz CT molecular complexity index is 513. The molecular weight excluding hydrogens is 338 g/mol. The number of alkyl carbamates (subject to hydrolysis) is 1. The van der Waals surface area contributed by atoms with Crippen LogP contribution in [0, 0.1) is 0 Å². The molecule has 0 aromatic heterocycles. The molecule has 0 aromatic carbocycles. The molecule has 3 heterocycles. The van der Waals surface area contributed by atoms with Crippen LogP contribution in [0.25, 0.3) is 0 Å². The molecule has 3 aliphatic rings. The SMILES string of the molecule is CC(C)(C)OC(=O)N[C@H]1COCC1N1CCC(N2CCCOC2=O)CC1. The summed E-state index contributed by atoms with van der Waals surface area (Å²) < 4.78 is 16.1. The summed E-state index contributed by atoms with van der Waals surface area (Å²) in [5, 5.41) is 2.95. The van der Waals surface area contributed by atoms with E-state index >= 15 is 0 Å².